The number of amidine groups is 1. The number of nitrogens with zero attached hydrogens (tertiary/aromatic N) is 2. The van der Waals surface area contributed by atoms with E-state index >= 15 is 0 Å². The summed E-state index contributed by atoms with van der Waals surface area (Å²) in [5, 5.41) is 6.24. The van der Waals surface area contributed by atoms with Crippen LogP contribution in [-0.2, 0) is 6.54 Å². The molecule has 2 heterocycles. The summed E-state index contributed by atoms with van der Waals surface area (Å²) in [6, 6.07) is 11.7. The Labute approximate surface area is 129 Å². The summed E-state index contributed by atoms with van der Waals surface area (Å²) in [7, 11) is 0. The van der Waals surface area contributed by atoms with Gasteiger partial charge in [0.15, 0.2) is 0 Å². The van der Waals surface area contributed by atoms with E-state index in [2.05, 4.69) is 32.7 Å². The Kier molecular flexibility index (Phi) is 4.44. The summed E-state index contributed by atoms with van der Waals surface area (Å²) < 4.78 is 0. The fourth-order valence-corrected chi connectivity index (χ4v) is 2.39. The van der Waals surface area contributed by atoms with Crippen molar-refractivity contribution in [2.75, 3.05) is 13.1 Å². The van der Waals surface area contributed by atoms with Crippen molar-refractivity contribution in [3.05, 3.63) is 65.5 Å². The maximum atomic E-state index is 11.8. The predicted molar refractivity (Wildman–Crippen MR) is 85.9 cm³/mol. The van der Waals surface area contributed by atoms with Gasteiger partial charge in [-0.15, -0.1) is 0 Å². The van der Waals surface area contributed by atoms with Crippen LogP contribution in [-0.4, -0.2) is 29.8 Å². The minimum atomic E-state index is -0.0639. The second kappa shape index (κ2) is 6.85. The van der Waals surface area contributed by atoms with Gasteiger partial charge in [0.1, 0.15) is 5.84 Å². The largest absolute Gasteiger partial charge is 0.370 e. The Morgan fingerprint density at radius 3 is 2.77 bits per heavy atom. The fourth-order valence-electron chi connectivity index (χ4n) is 2.39. The lowest BCUT2D eigenvalue weighted by Gasteiger charge is -2.08. The van der Waals surface area contributed by atoms with Gasteiger partial charge in [-0.2, -0.15) is 0 Å². The van der Waals surface area contributed by atoms with Gasteiger partial charge in [-0.25, -0.2) is 0 Å². The van der Waals surface area contributed by atoms with E-state index in [1.54, 1.807) is 24.5 Å². The van der Waals surface area contributed by atoms with Crippen molar-refractivity contribution in [1.82, 2.24) is 15.6 Å². The average molecular weight is 294 g/mol. The molecule has 0 spiro atoms. The van der Waals surface area contributed by atoms with E-state index in [1.807, 2.05) is 12.1 Å². The topological polar surface area (TPSA) is 66.4 Å². The second-order valence-corrected chi connectivity index (χ2v) is 5.09. The molecule has 0 bridgehead atoms. The van der Waals surface area contributed by atoms with Crippen LogP contribution >= 0.6 is 0 Å². The van der Waals surface area contributed by atoms with Gasteiger partial charge in [0.2, 0.25) is 0 Å². The third kappa shape index (κ3) is 3.31. The van der Waals surface area contributed by atoms with Crippen LogP contribution < -0.4 is 10.6 Å². The molecular formula is C17H18N4O. The zero-order valence-corrected chi connectivity index (χ0v) is 12.2. The standard InChI is InChI=1S/C17H18N4O/c22-17(13-6-10-18-11-7-13)20-9-3-8-19-16-15-5-2-1-4-14(15)12-21-16/h1-2,4-7,10-11H,3,8-9,12H2,(H,19,21)(H,20,22). The highest BCUT2D eigenvalue weighted by Crippen LogP contribution is 2.16. The van der Waals surface area contributed by atoms with Gasteiger partial charge in [0.05, 0.1) is 6.54 Å². The Morgan fingerprint density at radius 1 is 1.09 bits per heavy atom. The molecule has 0 aliphatic carbocycles. The number of hydrogen-bond donors (Lipinski definition) is 2. The minimum Gasteiger partial charge on any atom is -0.370 e. The molecule has 1 aliphatic rings. The van der Waals surface area contributed by atoms with Crippen molar-refractivity contribution in [2.24, 2.45) is 4.99 Å². The molecule has 0 saturated heterocycles. The molecule has 1 amide bonds. The van der Waals surface area contributed by atoms with Crippen LogP contribution in [0.1, 0.15) is 27.9 Å². The molecule has 5 heteroatoms. The molecular weight excluding hydrogens is 276 g/mol. The highest BCUT2D eigenvalue weighted by atomic mass is 16.1. The monoisotopic (exact) mass is 294 g/mol. The fraction of sp³-hybridized carbons (Fsp3) is 0.235. The molecule has 112 valence electrons. The maximum Gasteiger partial charge on any atom is 0.251 e. The van der Waals surface area contributed by atoms with Crippen molar-refractivity contribution in [2.45, 2.75) is 13.0 Å². The Hall–Kier alpha value is -2.69. The lowest BCUT2D eigenvalue weighted by atomic mass is 10.1. The maximum absolute atomic E-state index is 11.8. The van der Waals surface area contributed by atoms with E-state index in [-0.39, 0.29) is 5.91 Å². The number of carbonyl (C=O) groups is 1. The number of aliphatic imine (C=N–C) groups is 1. The molecule has 2 aromatic rings. The molecule has 1 aliphatic heterocycles. The number of pyridine rings is 1. The quantitative estimate of drug-likeness (QED) is 0.826. The summed E-state index contributed by atoms with van der Waals surface area (Å²) in [5.41, 5.74) is 3.08. The van der Waals surface area contributed by atoms with Gasteiger partial charge in [-0.1, -0.05) is 24.3 Å². The van der Waals surface area contributed by atoms with Gasteiger partial charge in [-0.3, -0.25) is 14.8 Å². The molecule has 22 heavy (non-hydrogen) atoms. The van der Waals surface area contributed by atoms with Crippen LogP contribution in [0.5, 0.6) is 0 Å². The molecule has 0 saturated carbocycles. The number of hydrogen-bond acceptors (Lipinski definition) is 4. The first-order valence-electron chi connectivity index (χ1n) is 7.39. The van der Waals surface area contributed by atoms with E-state index in [0.717, 1.165) is 25.3 Å². The van der Waals surface area contributed by atoms with Crippen LogP contribution in [0.3, 0.4) is 0 Å². The van der Waals surface area contributed by atoms with Gasteiger partial charge in [0, 0.05) is 36.6 Å². The summed E-state index contributed by atoms with van der Waals surface area (Å²) in [6.45, 7) is 2.16. The minimum absolute atomic E-state index is 0.0639. The van der Waals surface area contributed by atoms with Gasteiger partial charge < -0.3 is 10.6 Å². The summed E-state index contributed by atoms with van der Waals surface area (Å²) in [5.74, 6) is 0.891. The van der Waals surface area contributed by atoms with Crippen molar-refractivity contribution >= 4 is 11.7 Å². The molecule has 2 N–H and O–H groups in total. The number of rotatable bonds is 5. The van der Waals surface area contributed by atoms with Crippen molar-refractivity contribution in [3.63, 3.8) is 0 Å². The van der Waals surface area contributed by atoms with Crippen LogP contribution in [0.25, 0.3) is 0 Å². The van der Waals surface area contributed by atoms with Crippen LogP contribution in [0.2, 0.25) is 0 Å². The highest BCUT2D eigenvalue weighted by molar-refractivity contribution is 6.01. The number of amides is 1. The second-order valence-electron chi connectivity index (χ2n) is 5.09. The van der Waals surface area contributed by atoms with Crippen molar-refractivity contribution in [3.8, 4) is 0 Å². The Bertz CT molecular complexity index is 682. The molecule has 0 radical (unpaired) electrons. The van der Waals surface area contributed by atoms with Crippen molar-refractivity contribution < 1.29 is 4.79 Å². The van der Waals surface area contributed by atoms with Gasteiger partial charge >= 0.3 is 0 Å². The number of nitrogens with one attached hydrogen (secondary N) is 2. The number of carbonyl (C=O) groups excluding carboxylic acids is 1. The SMILES string of the molecule is O=C(NCCCNC1=NCc2ccccc21)c1ccncc1. The molecule has 3 rings (SSSR count). The van der Waals surface area contributed by atoms with Crippen molar-refractivity contribution in [1.29, 1.82) is 0 Å². The third-order valence-corrected chi connectivity index (χ3v) is 3.55. The van der Waals surface area contributed by atoms with Crippen LogP contribution in [0, 0.1) is 0 Å². The lowest BCUT2D eigenvalue weighted by Crippen LogP contribution is -2.29. The third-order valence-electron chi connectivity index (χ3n) is 3.55. The highest BCUT2D eigenvalue weighted by Gasteiger charge is 2.13. The molecule has 0 unspecified atom stereocenters. The van der Waals surface area contributed by atoms with E-state index in [0.29, 0.717) is 12.1 Å². The number of fused-ring (bicyclic) bond motifs is 1. The van der Waals surface area contributed by atoms with Gasteiger partial charge in [-0.05, 0) is 24.1 Å². The average Bonchev–Trinajstić information content (AvgIpc) is 2.98. The normalized spacial score (nSPS) is 12.5. The van der Waals surface area contributed by atoms with E-state index in [9.17, 15) is 4.79 Å². The summed E-state index contributed by atoms with van der Waals surface area (Å²) >= 11 is 0. The van der Waals surface area contributed by atoms with Crippen LogP contribution in [0.4, 0.5) is 0 Å². The van der Waals surface area contributed by atoms with E-state index in [4.69, 9.17) is 0 Å². The van der Waals surface area contributed by atoms with E-state index < -0.39 is 0 Å². The molecule has 5 nitrogen and oxygen atoms in total. The number of benzene rings is 1. The molecule has 0 fully saturated rings. The first kappa shape index (κ1) is 14.3. The Balaban J connectivity index is 1.39. The Morgan fingerprint density at radius 2 is 1.91 bits per heavy atom. The summed E-state index contributed by atoms with van der Waals surface area (Å²) in [6.07, 6.45) is 4.08. The molecule has 1 aromatic heterocycles. The zero-order valence-electron chi connectivity index (χ0n) is 12.2. The van der Waals surface area contributed by atoms with E-state index in [1.165, 1.54) is 11.1 Å². The molecule has 1 aromatic carbocycles. The number of aromatic nitrogens is 1. The van der Waals surface area contributed by atoms with Gasteiger partial charge in [0.25, 0.3) is 5.91 Å². The predicted octanol–water partition coefficient (Wildman–Crippen LogP) is 1.75. The summed E-state index contributed by atoms with van der Waals surface area (Å²) in [4.78, 5) is 20.2. The first-order valence-corrected chi connectivity index (χ1v) is 7.39. The smallest absolute Gasteiger partial charge is 0.251 e. The first-order chi connectivity index (χ1) is 10.8. The zero-order chi connectivity index (χ0) is 15.2. The lowest BCUT2D eigenvalue weighted by molar-refractivity contribution is 0.0953. The van der Waals surface area contributed by atoms with Crippen LogP contribution in [0.15, 0.2) is 53.8 Å². The molecule has 0 atom stereocenters.